The van der Waals surface area contributed by atoms with Crippen LogP contribution in [0.25, 0.3) is 22.6 Å². The summed E-state index contributed by atoms with van der Waals surface area (Å²) in [5, 5.41) is 11.6. The van der Waals surface area contributed by atoms with Gasteiger partial charge in [0.05, 0.1) is 29.8 Å². The molecule has 0 amide bonds. The molecule has 0 radical (unpaired) electrons. The monoisotopic (exact) mass is 586 g/mol. The van der Waals surface area contributed by atoms with Crippen LogP contribution in [0.2, 0.25) is 0 Å². The number of fused-ring (bicyclic) bond motifs is 1. The van der Waals surface area contributed by atoms with E-state index in [-0.39, 0.29) is 49.5 Å². The van der Waals surface area contributed by atoms with Crippen LogP contribution < -0.4 is 5.56 Å². The molecule has 3 aromatic rings. The second kappa shape index (κ2) is 12.1. The maximum atomic E-state index is 13.7. The Kier molecular flexibility index (Phi) is 9.47. The molecule has 186 valence electrons. The number of halogens is 1. The van der Waals surface area contributed by atoms with E-state index >= 15 is 0 Å². The van der Waals surface area contributed by atoms with Crippen molar-refractivity contribution >= 4 is 33.6 Å². The molecule has 0 N–H and O–H groups in total. The molecular weight excluding hydrogens is 555 g/mol. The first-order valence-corrected chi connectivity index (χ1v) is 12.4. The Labute approximate surface area is 211 Å². The maximum absolute atomic E-state index is 13.7. The Balaban J connectivity index is 2.14. The maximum Gasteiger partial charge on any atom is 0.281 e. The van der Waals surface area contributed by atoms with Crippen LogP contribution in [0, 0.1) is 19.8 Å². The second-order valence-corrected chi connectivity index (χ2v) is 9.04. The highest BCUT2D eigenvalue weighted by molar-refractivity contribution is 14.1. The second-order valence-electron chi connectivity index (χ2n) is 8.16. The Morgan fingerprint density at radius 2 is 1.71 bits per heavy atom. The molecule has 3 atom stereocenters. The molecule has 2 aromatic heterocycles. The molecule has 12 heteroatoms. The van der Waals surface area contributed by atoms with Crippen molar-refractivity contribution in [2.45, 2.75) is 39.5 Å². The fourth-order valence-electron chi connectivity index (χ4n) is 3.69. The van der Waals surface area contributed by atoms with Crippen molar-refractivity contribution in [3.8, 4) is 11.5 Å². The van der Waals surface area contributed by atoms with Gasteiger partial charge in [-0.3, -0.25) is 4.79 Å². The van der Waals surface area contributed by atoms with E-state index in [0.29, 0.717) is 16.9 Å². The van der Waals surface area contributed by atoms with Crippen molar-refractivity contribution in [2.75, 3.05) is 32.2 Å². The van der Waals surface area contributed by atoms with Gasteiger partial charge in [-0.2, -0.15) is 0 Å². The summed E-state index contributed by atoms with van der Waals surface area (Å²) in [6.07, 6.45) is -0.524. The van der Waals surface area contributed by atoms with Gasteiger partial charge in [-0.05, 0) is 47.5 Å². The molecule has 0 aliphatic heterocycles. The summed E-state index contributed by atoms with van der Waals surface area (Å²) in [5.41, 5.74) is 3.42. The fourth-order valence-corrected chi connectivity index (χ4v) is 4.75. The first-order chi connectivity index (χ1) is 16.3. The number of hydrogen-bond donors (Lipinski definition) is 0. The lowest BCUT2D eigenvalue weighted by Gasteiger charge is -2.30. The molecule has 0 bridgehead atoms. The molecule has 0 unspecified atom stereocenters. The van der Waals surface area contributed by atoms with Gasteiger partial charge in [0, 0.05) is 31.6 Å². The van der Waals surface area contributed by atoms with Gasteiger partial charge < -0.3 is 23.5 Å². The molecule has 11 nitrogen and oxygen atoms in total. The van der Waals surface area contributed by atoms with Gasteiger partial charge >= 0.3 is 0 Å². The number of alkyl halides is 1. The average Bonchev–Trinajstić information content (AvgIpc) is 3.24. The smallest absolute Gasteiger partial charge is 0.281 e. The van der Waals surface area contributed by atoms with Crippen LogP contribution in [-0.2, 0) is 32.5 Å². The zero-order valence-electron chi connectivity index (χ0n) is 20.3. The predicted octanol–water partition coefficient (Wildman–Crippen LogP) is 2.25. The summed E-state index contributed by atoms with van der Waals surface area (Å²) >= 11 is 2.28. The summed E-state index contributed by atoms with van der Waals surface area (Å²) in [5.74, 6) is 0.235. The van der Waals surface area contributed by atoms with E-state index in [4.69, 9.17) is 18.9 Å². The number of aromatic nitrogens is 6. The van der Waals surface area contributed by atoms with Crippen LogP contribution in [0.5, 0.6) is 0 Å². The van der Waals surface area contributed by atoms with E-state index < -0.39 is 0 Å². The first-order valence-electron chi connectivity index (χ1n) is 10.8. The van der Waals surface area contributed by atoms with E-state index in [9.17, 15) is 4.79 Å². The molecule has 2 heterocycles. The zero-order chi connectivity index (χ0) is 24.8. The molecular formula is C22H31IN6O5. The third-order valence-electron chi connectivity index (χ3n) is 5.88. The lowest BCUT2D eigenvalue weighted by atomic mass is 9.98. The van der Waals surface area contributed by atoms with Gasteiger partial charge in [0.15, 0.2) is 5.69 Å². The highest BCUT2D eigenvalue weighted by atomic mass is 127. The van der Waals surface area contributed by atoms with Gasteiger partial charge in [0.25, 0.3) is 5.56 Å². The summed E-state index contributed by atoms with van der Waals surface area (Å²) in [7, 11) is 4.83. The van der Waals surface area contributed by atoms with Crippen LogP contribution in [0.4, 0.5) is 0 Å². The molecule has 1 aromatic carbocycles. The quantitative estimate of drug-likeness (QED) is 0.179. The van der Waals surface area contributed by atoms with E-state index in [2.05, 4.69) is 43.1 Å². The van der Waals surface area contributed by atoms with Crippen LogP contribution in [0.3, 0.4) is 0 Å². The minimum absolute atomic E-state index is 0.0659. The summed E-state index contributed by atoms with van der Waals surface area (Å²) < 4.78 is 26.1. The minimum Gasteiger partial charge on any atom is -0.359 e. The van der Waals surface area contributed by atoms with Gasteiger partial charge in [0.2, 0.25) is 5.82 Å². The van der Waals surface area contributed by atoms with Gasteiger partial charge in [-0.1, -0.05) is 29.5 Å². The SMILES string of the molecule is COCO[C@@H](Cn1c(=O)c(-c2nnnn2C)nc2cc(C)c(C)cc21)[C@H](C)[C@@H](CI)OCOC. The Morgan fingerprint density at radius 1 is 1.06 bits per heavy atom. The normalized spacial score (nSPS) is 14.4. The Hall–Kier alpha value is -2.00. The van der Waals surface area contributed by atoms with Crippen LogP contribution in [0.1, 0.15) is 18.1 Å². The van der Waals surface area contributed by atoms with Crippen LogP contribution >= 0.6 is 22.6 Å². The van der Waals surface area contributed by atoms with Crippen molar-refractivity contribution in [1.29, 1.82) is 0 Å². The number of rotatable bonds is 12. The van der Waals surface area contributed by atoms with E-state index in [1.165, 1.54) is 4.68 Å². The number of hydrogen-bond acceptors (Lipinski definition) is 9. The van der Waals surface area contributed by atoms with E-state index in [1.54, 1.807) is 25.8 Å². The largest absolute Gasteiger partial charge is 0.359 e. The van der Waals surface area contributed by atoms with Crippen molar-refractivity contribution in [1.82, 2.24) is 29.8 Å². The summed E-state index contributed by atoms with van der Waals surface area (Å²) in [6.45, 7) is 6.60. The predicted molar refractivity (Wildman–Crippen MR) is 135 cm³/mol. The number of tetrazole rings is 1. The molecule has 0 fully saturated rings. The summed E-state index contributed by atoms with van der Waals surface area (Å²) in [4.78, 5) is 18.4. The van der Waals surface area contributed by atoms with Crippen LogP contribution in [0.15, 0.2) is 16.9 Å². The highest BCUT2D eigenvalue weighted by Gasteiger charge is 2.29. The number of aryl methyl sites for hydroxylation is 3. The van der Waals surface area contributed by atoms with Crippen molar-refractivity contribution in [3.05, 3.63) is 33.6 Å². The van der Waals surface area contributed by atoms with E-state index in [0.717, 1.165) is 15.6 Å². The van der Waals surface area contributed by atoms with Crippen LogP contribution in [-0.4, -0.2) is 74.2 Å². The first kappa shape index (κ1) is 26.6. The Morgan fingerprint density at radius 3 is 2.29 bits per heavy atom. The minimum atomic E-state index is -0.382. The fraction of sp³-hybridized carbons (Fsp3) is 0.591. The molecule has 3 rings (SSSR count). The summed E-state index contributed by atoms with van der Waals surface area (Å²) in [6, 6.07) is 3.95. The molecule has 0 spiro atoms. The molecule has 34 heavy (non-hydrogen) atoms. The van der Waals surface area contributed by atoms with Gasteiger partial charge in [0.1, 0.15) is 13.6 Å². The molecule has 0 saturated carbocycles. The topological polar surface area (TPSA) is 115 Å². The lowest BCUT2D eigenvalue weighted by molar-refractivity contribution is -0.136. The molecule has 0 saturated heterocycles. The average molecular weight is 586 g/mol. The number of nitrogens with zero attached hydrogens (tertiary/aromatic N) is 6. The number of ether oxygens (including phenoxy) is 4. The third-order valence-corrected chi connectivity index (χ3v) is 6.75. The number of benzene rings is 1. The number of methoxy groups -OCH3 is 2. The van der Waals surface area contributed by atoms with E-state index in [1.807, 2.05) is 32.9 Å². The van der Waals surface area contributed by atoms with Gasteiger partial charge in [-0.25, -0.2) is 9.67 Å². The van der Waals surface area contributed by atoms with Crippen molar-refractivity contribution < 1.29 is 18.9 Å². The highest BCUT2D eigenvalue weighted by Crippen LogP contribution is 2.23. The molecule has 0 aliphatic rings. The molecule has 0 aliphatic carbocycles. The zero-order valence-corrected chi connectivity index (χ0v) is 22.5. The van der Waals surface area contributed by atoms with Gasteiger partial charge in [-0.15, -0.1) is 5.10 Å². The lowest BCUT2D eigenvalue weighted by Crippen LogP contribution is -2.40. The third kappa shape index (κ3) is 5.79. The van der Waals surface area contributed by atoms with Crippen molar-refractivity contribution in [3.63, 3.8) is 0 Å². The standard InChI is InChI=1S/C22H31IN6O5/c1-13-7-16-17(8-14(13)2)29(22(30)20(24-16)21-25-26-27-28(21)4)10-19(34-12-32-6)15(3)18(9-23)33-11-31-5/h7-8,15,18-19H,9-12H2,1-6H3/t15-,18-,19+/m1/s1. The van der Waals surface area contributed by atoms with Crippen molar-refractivity contribution in [2.24, 2.45) is 13.0 Å². The Bertz CT molecular complexity index is 1170.